The first-order valence-electron chi connectivity index (χ1n) is 5.24. The second-order valence-corrected chi connectivity index (χ2v) is 3.79. The Balaban J connectivity index is 1.98. The minimum Gasteiger partial charge on any atom is -0.477 e. The Morgan fingerprint density at radius 2 is 2.40 bits per heavy atom. The third kappa shape index (κ3) is 2.36. The first kappa shape index (κ1) is 10.2. The van der Waals surface area contributed by atoms with E-state index in [0.29, 0.717) is 6.73 Å². The molecule has 0 aliphatic carbocycles. The lowest BCUT2D eigenvalue weighted by Crippen LogP contribution is -2.39. The summed E-state index contributed by atoms with van der Waals surface area (Å²) in [7, 11) is 0. The van der Waals surface area contributed by atoms with Crippen molar-refractivity contribution >= 4 is 6.08 Å². The van der Waals surface area contributed by atoms with Gasteiger partial charge in [0.2, 0.25) is 0 Å². The van der Waals surface area contributed by atoms with Crippen molar-refractivity contribution in [3.63, 3.8) is 0 Å². The molecule has 3 heteroatoms. The highest BCUT2D eigenvalue weighted by atomic mass is 16.5. The lowest BCUT2D eigenvalue weighted by atomic mass is 10.2. The molecule has 0 N–H and O–H groups in total. The van der Waals surface area contributed by atoms with Gasteiger partial charge in [-0.05, 0) is 25.0 Å². The smallest absolute Gasteiger partial charge is 0.142 e. The summed E-state index contributed by atoms with van der Waals surface area (Å²) in [5.74, 6) is 0.822. The monoisotopic (exact) mass is 204 g/mol. The van der Waals surface area contributed by atoms with Crippen molar-refractivity contribution in [2.75, 3.05) is 19.8 Å². The molecule has 80 valence electrons. The number of aryl methyl sites for hydroxylation is 1. The van der Waals surface area contributed by atoms with Gasteiger partial charge in [-0.1, -0.05) is 12.7 Å². The molecule has 1 aliphatic rings. The largest absolute Gasteiger partial charge is 0.477 e. The molecule has 0 bridgehead atoms. The van der Waals surface area contributed by atoms with Crippen LogP contribution in [0.5, 0.6) is 5.75 Å². The highest BCUT2D eigenvalue weighted by Crippen LogP contribution is 2.16. The molecule has 0 spiro atoms. The number of hydrogen-bond acceptors (Lipinski definition) is 3. The minimum atomic E-state index is 0.668. The number of pyridine rings is 1. The first-order valence-corrected chi connectivity index (χ1v) is 5.24. The number of aromatic nitrogens is 1. The fraction of sp³-hybridized carbons (Fsp3) is 0.417. The van der Waals surface area contributed by atoms with Gasteiger partial charge in [0.15, 0.2) is 0 Å². The van der Waals surface area contributed by atoms with Gasteiger partial charge in [-0.2, -0.15) is 0 Å². The molecule has 1 fully saturated rings. The Kier molecular flexibility index (Phi) is 3.02. The van der Waals surface area contributed by atoms with Crippen LogP contribution in [0.15, 0.2) is 18.8 Å². The van der Waals surface area contributed by atoms with Crippen LogP contribution in [-0.4, -0.2) is 29.7 Å². The van der Waals surface area contributed by atoms with Crippen molar-refractivity contribution in [1.29, 1.82) is 0 Å². The van der Waals surface area contributed by atoms with E-state index in [0.717, 1.165) is 30.1 Å². The van der Waals surface area contributed by atoms with Gasteiger partial charge >= 0.3 is 0 Å². The van der Waals surface area contributed by atoms with Crippen LogP contribution < -0.4 is 4.74 Å². The summed E-state index contributed by atoms with van der Waals surface area (Å²) in [6, 6.07) is 1.98. The summed E-state index contributed by atoms with van der Waals surface area (Å²) < 4.78 is 5.62. The molecule has 1 aliphatic heterocycles. The second-order valence-electron chi connectivity index (χ2n) is 3.79. The summed E-state index contributed by atoms with van der Waals surface area (Å²) in [6.45, 7) is 8.68. The molecule has 0 saturated carbocycles. The zero-order valence-corrected chi connectivity index (χ0v) is 9.07. The number of rotatable bonds is 4. The van der Waals surface area contributed by atoms with Crippen molar-refractivity contribution in [2.45, 2.75) is 13.3 Å². The van der Waals surface area contributed by atoms with E-state index < -0.39 is 0 Å². The molecule has 15 heavy (non-hydrogen) atoms. The van der Waals surface area contributed by atoms with Crippen molar-refractivity contribution in [3.8, 4) is 5.75 Å². The van der Waals surface area contributed by atoms with Gasteiger partial charge in [-0.15, -0.1) is 0 Å². The predicted molar refractivity (Wildman–Crippen MR) is 60.8 cm³/mol. The lowest BCUT2D eigenvalue weighted by Gasteiger charge is -2.30. The van der Waals surface area contributed by atoms with Gasteiger partial charge < -0.3 is 4.74 Å². The van der Waals surface area contributed by atoms with Crippen LogP contribution in [0.3, 0.4) is 0 Å². The van der Waals surface area contributed by atoms with Crippen molar-refractivity contribution in [2.24, 2.45) is 0 Å². The van der Waals surface area contributed by atoms with Gasteiger partial charge in [-0.25, -0.2) is 0 Å². The number of hydrogen-bond donors (Lipinski definition) is 0. The second kappa shape index (κ2) is 4.45. The van der Waals surface area contributed by atoms with Gasteiger partial charge in [0.1, 0.15) is 12.5 Å². The van der Waals surface area contributed by atoms with E-state index in [-0.39, 0.29) is 0 Å². The normalized spacial score (nSPS) is 15.8. The van der Waals surface area contributed by atoms with E-state index in [4.69, 9.17) is 4.74 Å². The molecule has 1 aromatic rings. The maximum atomic E-state index is 5.62. The summed E-state index contributed by atoms with van der Waals surface area (Å²) >= 11 is 0. The average molecular weight is 204 g/mol. The van der Waals surface area contributed by atoms with Crippen LogP contribution in [0, 0.1) is 6.92 Å². The number of likely N-dealkylation sites (tertiary alicyclic amines) is 1. The minimum absolute atomic E-state index is 0.668. The van der Waals surface area contributed by atoms with E-state index in [1.165, 1.54) is 6.42 Å². The highest BCUT2D eigenvalue weighted by molar-refractivity contribution is 5.51. The maximum absolute atomic E-state index is 5.62. The van der Waals surface area contributed by atoms with Crippen LogP contribution in [0.4, 0.5) is 0 Å². The molecular weight excluding hydrogens is 188 g/mol. The Bertz CT molecular complexity index is 359. The Morgan fingerprint density at radius 1 is 1.60 bits per heavy atom. The topological polar surface area (TPSA) is 25.4 Å². The standard InChI is InChI=1S/C12H16N2O/c1-3-11-7-12(8-13-10(11)2)15-9-14-5-4-6-14/h3,7-8H,1,4-6,9H2,2H3. The molecular formula is C12H16N2O. The molecule has 0 atom stereocenters. The number of ether oxygens (including phenoxy) is 1. The first-order chi connectivity index (χ1) is 7.29. The van der Waals surface area contributed by atoms with E-state index in [1.807, 2.05) is 13.0 Å². The van der Waals surface area contributed by atoms with Crippen LogP contribution in [0.25, 0.3) is 6.08 Å². The van der Waals surface area contributed by atoms with Crippen LogP contribution in [0.2, 0.25) is 0 Å². The van der Waals surface area contributed by atoms with Gasteiger partial charge in [0.25, 0.3) is 0 Å². The van der Waals surface area contributed by atoms with Gasteiger partial charge in [0, 0.05) is 18.8 Å². The van der Waals surface area contributed by atoms with Crippen LogP contribution in [0.1, 0.15) is 17.7 Å². The van der Waals surface area contributed by atoms with E-state index >= 15 is 0 Å². The summed E-state index contributed by atoms with van der Waals surface area (Å²) in [4.78, 5) is 6.51. The maximum Gasteiger partial charge on any atom is 0.142 e. The zero-order valence-electron chi connectivity index (χ0n) is 9.07. The van der Waals surface area contributed by atoms with E-state index in [2.05, 4.69) is 16.5 Å². The van der Waals surface area contributed by atoms with Gasteiger partial charge in [0.05, 0.1) is 6.20 Å². The molecule has 0 amide bonds. The SMILES string of the molecule is C=Cc1cc(OCN2CCC2)cnc1C. The molecule has 0 aromatic carbocycles. The summed E-state index contributed by atoms with van der Waals surface area (Å²) in [5.41, 5.74) is 2.03. The van der Waals surface area contributed by atoms with E-state index in [9.17, 15) is 0 Å². The molecule has 3 nitrogen and oxygen atoms in total. The van der Waals surface area contributed by atoms with Crippen molar-refractivity contribution < 1.29 is 4.74 Å². The Morgan fingerprint density at radius 3 is 3.00 bits per heavy atom. The molecule has 2 heterocycles. The predicted octanol–water partition coefficient (Wildman–Crippen LogP) is 2.08. The Hall–Kier alpha value is -1.35. The average Bonchev–Trinajstić information content (AvgIpc) is 2.18. The fourth-order valence-corrected chi connectivity index (χ4v) is 1.49. The van der Waals surface area contributed by atoms with Crippen LogP contribution >= 0.6 is 0 Å². The molecule has 1 aromatic heterocycles. The number of nitrogens with zero attached hydrogens (tertiary/aromatic N) is 2. The van der Waals surface area contributed by atoms with Crippen LogP contribution in [-0.2, 0) is 0 Å². The third-order valence-electron chi connectivity index (χ3n) is 2.68. The highest BCUT2D eigenvalue weighted by Gasteiger charge is 2.13. The quantitative estimate of drug-likeness (QED) is 0.750. The molecule has 0 unspecified atom stereocenters. The van der Waals surface area contributed by atoms with Gasteiger partial charge in [-0.3, -0.25) is 9.88 Å². The molecule has 1 saturated heterocycles. The fourth-order valence-electron chi connectivity index (χ4n) is 1.49. The van der Waals surface area contributed by atoms with Crippen molar-refractivity contribution in [1.82, 2.24) is 9.88 Å². The molecule has 0 radical (unpaired) electrons. The van der Waals surface area contributed by atoms with E-state index in [1.54, 1.807) is 12.3 Å². The summed E-state index contributed by atoms with van der Waals surface area (Å²) in [5, 5.41) is 0. The third-order valence-corrected chi connectivity index (χ3v) is 2.68. The molecule has 2 rings (SSSR count). The summed E-state index contributed by atoms with van der Waals surface area (Å²) in [6.07, 6.45) is 4.86. The lowest BCUT2D eigenvalue weighted by molar-refractivity contribution is 0.0728. The zero-order chi connectivity index (χ0) is 10.7. The Labute approximate surface area is 90.4 Å². The van der Waals surface area contributed by atoms with Crippen molar-refractivity contribution in [3.05, 3.63) is 30.1 Å².